The van der Waals surface area contributed by atoms with Crippen LogP contribution >= 0.6 is 0 Å². The number of aryl methyl sites for hydroxylation is 3. The van der Waals surface area contributed by atoms with Gasteiger partial charge in [-0.1, -0.05) is 30.3 Å². The molecule has 0 fully saturated rings. The second kappa shape index (κ2) is 8.60. The molecule has 4 aromatic rings. The van der Waals surface area contributed by atoms with E-state index in [0.717, 1.165) is 35.4 Å². The molecule has 0 saturated carbocycles. The molecule has 2 aromatic carbocycles. The van der Waals surface area contributed by atoms with Gasteiger partial charge in [-0.3, -0.25) is 4.79 Å². The quantitative estimate of drug-likeness (QED) is 0.476. The predicted octanol–water partition coefficient (Wildman–Crippen LogP) is 3.92. The Labute approximate surface area is 168 Å². The number of fused-ring (bicyclic) bond motifs is 1. The molecule has 7 nitrogen and oxygen atoms in total. The number of imidazole rings is 1. The standard InChI is InChI=1S/C22H22N4O3/c1-28-22-14-17(29-26-22)9-12-21(27)23-16-8-10-18-19(13-16)25-20(24-18)11-7-15-5-3-2-4-6-15/h2-6,8,10,13-14H,7,9,11-12H2,1H3,(H,23,27)(H,24,25). The van der Waals surface area contributed by atoms with Gasteiger partial charge in [-0.2, -0.15) is 0 Å². The van der Waals surface area contributed by atoms with Crippen LogP contribution in [0.25, 0.3) is 11.0 Å². The van der Waals surface area contributed by atoms with Gasteiger partial charge < -0.3 is 19.6 Å². The van der Waals surface area contributed by atoms with Crippen LogP contribution in [0.2, 0.25) is 0 Å². The first kappa shape index (κ1) is 18.7. The fourth-order valence-electron chi connectivity index (χ4n) is 3.13. The number of aromatic nitrogens is 3. The van der Waals surface area contributed by atoms with Gasteiger partial charge in [0.15, 0.2) is 0 Å². The Morgan fingerprint density at radius 2 is 1.97 bits per heavy atom. The van der Waals surface area contributed by atoms with E-state index in [4.69, 9.17) is 9.26 Å². The molecule has 0 aliphatic rings. The van der Waals surface area contributed by atoms with Gasteiger partial charge in [0, 0.05) is 31.0 Å². The number of ether oxygens (including phenoxy) is 1. The van der Waals surface area contributed by atoms with Crippen LogP contribution < -0.4 is 10.1 Å². The molecule has 0 atom stereocenters. The van der Waals surface area contributed by atoms with Crippen LogP contribution in [-0.2, 0) is 24.1 Å². The van der Waals surface area contributed by atoms with Gasteiger partial charge in [0.1, 0.15) is 11.6 Å². The van der Waals surface area contributed by atoms with Crippen LogP contribution in [-0.4, -0.2) is 28.1 Å². The normalized spacial score (nSPS) is 10.9. The summed E-state index contributed by atoms with van der Waals surface area (Å²) in [4.78, 5) is 20.2. The summed E-state index contributed by atoms with van der Waals surface area (Å²) >= 11 is 0. The number of hydrogen-bond donors (Lipinski definition) is 2. The minimum atomic E-state index is -0.0940. The van der Waals surface area contributed by atoms with Crippen LogP contribution in [0.4, 0.5) is 5.69 Å². The number of aromatic amines is 1. The molecule has 148 valence electrons. The molecule has 0 bridgehead atoms. The number of amides is 1. The Balaban J connectivity index is 1.34. The topological polar surface area (TPSA) is 93.0 Å². The molecular formula is C22H22N4O3. The molecule has 2 N–H and O–H groups in total. The highest BCUT2D eigenvalue weighted by molar-refractivity contribution is 5.93. The number of carbonyl (C=O) groups excluding carboxylic acids is 1. The molecule has 0 radical (unpaired) electrons. The van der Waals surface area contributed by atoms with E-state index in [1.807, 2.05) is 36.4 Å². The van der Waals surface area contributed by atoms with Gasteiger partial charge in [0.05, 0.1) is 18.1 Å². The van der Waals surface area contributed by atoms with E-state index in [-0.39, 0.29) is 5.91 Å². The third-order valence-corrected chi connectivity index (χ3v) is 4.65. The van der Waals surface area contributed by atoms with E-state index in [9.17, 15) is 4.79 Å². The van der Waals surface area contributed by atoms with Crippen molar-refractivity contribution in [2.24, 2.45) is 0 Å². The largest absolute Gasteiger partial charge is 0.479 e. The van der Waals surface area contributed by atoms with Crippen molar-refractivity contribution in [2.45, 2.75) is 25.7 Å². The lowest BCUT2D eigenvalue weighted by Crippen LogP contribution is -2.12. The molecule has 0 spiro atoms. The van der Waals surface area contributed by atoms with Crippen LogP contribution in [0.3, 0.4) is 0 Å². The van der Waals surface area contributed by atoms with Gasteiger partial charge in [0.25, 0.3) is 5.88 Å². The van der Waals surface area contributed by atoms with Crippen LogP contribution in [0.1, 0.15) is 23.6 Å². The van der Waals surface area contributed by atoms with E-state index >= 15 is 0 Å². The number of H-pyrrole nitrogens is 1. The molecule has 29 heavy (non-hydrogen) atoms. The highest BCUT2D eigenvalue weighted by atomic mass is 16.5. The summed E-state index contributed by atoms with van der Waals surface area (Å²) in [5.41, 5.74) is 3.81. The summed E-state index contributed by atoms with van der Waals surface area (Å²) in [6.45, 7) is 0. The van der Waals surface area contributed by atoms with Crippen molar-refractivity contribution in [1.82, 2.24) is 15.1 Å². The lowest BCUT2D eigenvalue weighted by Gasteiger charge is -2.04. The maximum atomic E-state index is 12.2. The lowest BCUT2D eigenvalue weighted by atomic mass is 10.1. The first-order valence-electron chi connectivity index (χ1n) is 9.51. The number of nitrogens with zero attached hydrogens (tertiary/aromatic N) is 2. The van der Waals surface area contributed by atoms with Crippen LogP contribution in [0.5, 0.6) is 5.88 Å². The smallest absolute Gasteiger partial charge is 0.254 e. The van der Waals surface area contributed by atoms with Crippen molar-refractivity contribution in [3.8, 4) is 5.88 Å². The Kier molecular flexibility index (Phi) is 5.56. The van der Waals surface area contributed by atoms with Crippen molar-refractivity contribution in [3.05, 3.63) is 71.7 Å². The number of methoxy groups -OCH3 is 1. The number of anilines is 1. The molecular weight excluding hydrogens is 368 g/mol. The second-order valence-corrected chi connectivity index (χ2v) is 6.78. The van der Waals surface area contributed by atoms with Gasteiger partial charge in [-0.15, -0.1) is 0 Å². The van der Waals surface area contributed by atoms with Crippen LogP contribution in [0, 0.1) is 0 Å². The summed E-state index contributed by atoms with van der Waals surface area (Å²) < 4.78 is 10.1. The lowest BCUT2D eigenvalue weighted by molar-refractivity contribution is -0.116. The van der Waals surface area contributed by atoms with Crippen molar-refractivity contribution in [1.29, 1.82) is 0 Å². The number of hydrogen-bond acceptors (Lipinski definition) is 5. The Bertz CT molecular complexity index is 1100. The van der Waals surface area contributed by atoms with Gasteiger partial charge >= 0.3 is 0 Å². The highest BCUT2D eigenvalue weighted by Gasteiger charge is 2.09. The zero-order valence-electron chi connectivity index (χ0n) is 16.1. The van der Waals surface area contributed by atoms with Gasteiger partial charge in [-0.25, -0.2) is 4.98 Å². The van der Waals surface area contributed by atoms with Gasteiger partial charge in [-0.05, 0) is 35.3 Å². The molecule has 0 aliphatic carbocycles. The summed E-state index contributed by atoms with van der Waals surface area (Å²) in [7, 11) is 1.52. The molecule has 4 rings (SSSR count). The average Bonchev–Trinajstić information content (AvgIpc) is 3.37. The SMILES string of the molecule is COc1cc(CCC(=O)Nc2ccc3nc(CCc4ccccc4)[nH]c3c2)on1. The monoisotopic (exact) mass is 390 g/mol. The van der Waals surface area contributed by atoms with Crippen LogP contribution in [0.15, 0.2) is 59.1 Å². The summed E-state index contributed by atoms with van der Waals surface area (Å²) in [6, 6.07) is 17.7. The zero-order valence-corrected chi connectivity index (χ0v) is 16.1. The molecule has 1 amide bonds. The predicted molar refractivity (Wildman–Crippen MR) is 110 cm³/mol. The van der Waals surface area contributed by atoms with Crippen molar-refractivity contribution in [2.75, 3.05) is 12.4 Å². The van der Waals surface area contributed by atoms with Gasteiger partial charge in [0.2, 0.25) is 5.91 Å². The summed E-state index contributed by atoms with van der Waals surface area (Å²) in [5, 5.41) is 6.64. The number of carbonyl (C=O) groups is 1. The van der Waals surface area contributed by atoms with E-state index in [1.54, 1.807) is 6.07 Å². The zero-order chi connectivity index (χ0) is 20.1. The third-order valence-electron chi connectivity index (χ3n) is 4.65. The van der Waals surface area contributed by atoms with E-state index in [1.165, 1.54) is 12.7 Å². The minimum absolute atomic E-state index is 0.0940. The number of rotatable bonds is 8. The Morgan fingerprint density at radius 3 is 2.76 bits per heavy atom. The fraction of sp³-hybridized carbons (Fsp3) is 0.227. The van der Waals surface area contributed by atoms with Crippen molar-refractivity contribution in [3.63, 3.8) is 0 Å². The molecule has 2 aromatic heterocycles. The molecule has 2 heterocycles. The molecule has 0 saturated heterocycles. The maximum absolute atomic E-state index is 12.2. The first-order chi connectivity index (χ1) is 14.2. The average molecular weight is 390 g/mol. The number of nitrogens with one attached hydrogen (secondary N) is 2. The van der Waals surface area contributed by atoms with E-state index in [0.29, 0.717) is 24.5 Å². The van der Waals surface area contributed by atoms with E-state index < -0.39 is 0 Å². The Morgan fingerprint density at radius 1 is 1.10 bits per heavy atom. The highest BCUT2D eigenvalue weighted by Crippen LogP contribution is 2.19. The van der Waals surface area contributed by atoms with Crippen molar-refractivity contribution < 1.29 is 14.1 Å². The third kappa shape index (κ3) is 4.82. The molecule has 0 unspecified atom stereocenters. The summed E-state index contributed by atoms with van der Waals surface area (Å²) in [5.74, 6) is 1.87. The Hall–Kier alpha value is -3.61. The van der Waals surface area contributed by atoms with Crippen molar-refractivity contribution >= 4 is 22.6 Å². The molecule has 0 aliphatic heterocycles. The number of benzene rings is 2. The second-order valence-electron chi connectivity index (χ2n) is 6.78. The maximum Gasteiger partial charge on any atom is 0.254 e. The summed E-state index contributed by atoms with van der Waals surface area (Å²) in [6.07, 6.45) is 2.51. The minimum Gasteiger partial charge on any atom is -0.479 e. The fourth-order valence-corrected chi connectivity index (χ4v) is 3.13. The molecule has 7 heteroatoms. The first-order valence-corrected chi connectivity index (χ1v) is 9.51. The van der Waals surface area contributed by atoms with E-state index in [2.05, 4.69) is 32.6 Å².